The maximum absolute atomic E-state index is 13.1. The van der Waals surface area contributed by atoms with Crippen LogP contribution < -0.4 is 5.32 Å². The molecule has 3 rings (SSSR count). The Morgan fingerprint density at radius 2 is 2.08 bits per heavy atom. The second-order valence-corrected chi connectivity index (χ2v) is 7.26. The summed E-state index contributed by atoms with van der Waals surface area (Å²) in [5, 5.41) is 3.89. The van der Waals surface area contributed by atoms with Crippen molar-refractivity contribution in [3.05, 3.63) is 69.7 Å². The van der Waals surface area contributed by atoms with Gasteiger partial charge < -0.3 is 9.88 Å². The quantitative estimate of drug-likeness (QED) is 0.695. The number of halogens is 2. The van der Waals surface area contributed by atoms with Gasteiger partial charge in [-0.25, -0.2) is 9.37 Å². The van der Waals surface area contributed by atoms with E-state index in [1.165, 1.54) is 23.5 Å². The fourth-order valence-electron chi connectivity index (χ4n) is 2.37. The van der Waals surface area contributed by atoms with E-state index in [9.17, 15) is 9.18 Å². The molecule has 1 N–H and O–H groups in total. The second-order valence-electron chi connectivity index (χ2n) is 5.87. The molecule has 3 aromatic rings. The number of amides is 1. The van der Waals surface area contributed by atoms with E-state index >= 15 is 0 Å². The van der Waals surface area contributed by atoms with E-state index in [4.69, 9.17) is 11.6 Å². The van der Waals surface area contributed by atoms with Gasteiger partial charge in [-0.2, -0.15) is 0 Å². The molecule has 2 aromatic heterocycles. The third-order valence-electron chi connectivity index (χ3n) is 3.68. The minimum absolute atomic E-state index is 0.121. The van der Waals surface area contributed by atoms with Crippen LogP contribution in [0.4, 0.5) is 4.39 Å². The summed E-state index contributed by atoms with van der Waals surface area (Å²) in [7, 11) is 0. The highest BCUT2D eigenvalue weighted by Gasteiger charge is 2.21. The molecule has 0 bridgehead atoms. The molecule has 0 spiro atoms. The van der Waals surface area contributed by atoms with Gasteiger partial charge in [0, 0.05) is 24.0 Å². The molecule has 7 heteroatoms. The van der Waals surface area contributed by atoms with Crippen LogP contribution in [0.5, 0.6) is 0 Å². The van der Waals surface area contributed by atoms with Crippen molar-refractivity contribution in [2.75, 3.05) is 0 Å². The Labute approximate surface area is 154 Å². The van der Waals surface area contributed by atoms with Crippen LogP contribution in [-0.2, 0) is 6.54 Å². The highest BCUT2D eigenvalue weighted by molar-refractivity contribution is 7.16. The lowest BCUT2D eigenvalue weighted by Gasteiger charge is -2.08. The van der Waals surface area contributed by atoms with Gasteiger partial charge in [0.1, 0.15) is 10.7 Å². The summed E-state index contributed by atoms with van der Waals surface area (Å²) in [6.45, 7) is 4.23. The fourth-order valence-corrected chi connectivity index (χ4v) is 3.71. The number of hydrogen-bond acceptors (Lipinski definition) is 3. The molecule has 0 unspecified atom stereocenters. The number of rotatable bonds is 5. The van der Waals surface area contributed by atoms with E-state index in [0.29, 0.717) is 15.5 Å². The van der Waals surface area contributed by atoms with Crippen LogP contribution in [0.15, 0.2) is 42.7 Å². The zero-order valence-electron chi connectivity index (χ0n) is 13.8. The Hall–Kier alpha value is -2.18. The Bertz CT molecular complexity index is 890. The molecule has 1 aromatic carbocycles. The van der Waals surface area contributed by atoms with Crippen molar-refractivity contribution in [1.82, 2.24) is 14.9 Å². The number of benzene rings is 1. The Balaban J connectivity index is 1.81. The standard InChI is InChI=1S/C18H17ClFN3OS/c1-11(2)15-16(25-18(22-15)23-7-3-4-8-23)17(24)21-10-12-5-6-13(20)9-14(12)19/h3-9,11H,10H2,1-2H3,(H,21,24). The van der Waals surface area contributed by atoms with E-state index in [0.717, 1.165) is 10.8 Å². The van der Waals surface area contributed by atoms with Gasteiger partial charge in [0.15, 0.2) is 5.13 Å². The average Bonchev–Trinajstić information content (AvgIpc) is 3.23. The van der Waals surface area contributed by atoms with Gasteiger partial charge in [-0.15, -0.1) is 0 Å². The first-order valence-electron chi connectivity index (χ1n) is 7.82. The van der Waals surface area contributed by atoms with Gasteiger partial charge in [0.2, 0.25) is 0 Å². The molecule has 1 amide bonds. The summed E-state index contributed by atoms with van der Waals surface area (Å²) >= 11 is 7.35. The molecule has 0 aliphatic heterocycles. The number of nitrogens with one attached hydrogen (secondary N) is 1. The van der Waals surface area contributed by atoms with Gasteiger partial charge in [-0.1, -0.05) is 42.9 Å². The largest absolute Gasteiger partial charge is 0.347 e. The Morgan fingerprint density at radius 3 is 2.72 bits per heavy atom. The van der Waals surface area contributed by atoms with Gasteiger partial charge >= 0.3 is 0 Å². The fraction of sp³-hybridized carbons (Fsp3) is 0.222. The molecule has 0 saturated carbocycles. The van der Waals surface area contributed by atoms with E-state index in [1.54, 1.807) is 6.07 Å². The van der Waals surface area contributed by atoms with E-state index in [-0.39, 0.29) is 18.4 Å². The molecule has 0 aliphatic rings. The van der Waals surface area contributed by atoms with Crippen molar-refractivity contribution in [3.8, 4) is 5.13 Å². The molecular weight excluding hydrogens is 361 g/mol. The maximum Gasteiger partial charge on any atom is 0.263 e. The van der Waals surface area contributed by atoms with Crippen molar-refractivity contribution in [2.45, 2.75) is 26.3 Å². The monoisotopic (exact) mass is 377 g/mol. The lowest BCUT2D eigenvalue weighted by Crippen LogP contribution is -2.23. The minimum atomic E-state index is -0.402. The zero-order valence-corrected chi connectivity index (χ0v) is 15.4. The first-order valence-corrected chi connectivity index (χ1v) is 9.01. The summed E-state index contributed by atoms with van der Waals surface area (Å²) in [6, 6.07) is 7.95. The number of hydrogen-bond donors (Lipinski definition) is 1. The maximum atomic E-state index is 13.1. The molecule has 25 heavy (non-hydrogen) atoms. The van der Waals surface area contributed by atoms with Crippen LogP contribution in [0, 0.1) is 5.82 Å². The number of aromatic nitrogens is 2. The molecule has 0 radical (unpaired) electrons. The van der Waals surface area contributed by atoms with Gasteiger partial charge in [0.25, 0.3) is 5.91 Å². The van der Waals surface area contributed by atoms with Crippen molar-refractivity contribution in [3.63, 3.8) is 0 Å². The van der Waals surface area contributed by atoms with Crippen molar-refractivity contribution in [1.29, 1.82) is 0 Å². The molecule has 0 atom stereocenters. The average molecular weight is 378 g/mol. The molecular formula is C18H17ClFN3OS. The highest BCUT2D eigenvalue weighted by atomic mass is 35.5. The minimum Gasteiger partial charge on any atom is -0.347 e. The molecule has 0 fully saturated rings. The highest BCUT2D eigenvalue weighted by Crippen LogP contribution is 2.28. The van der Waals surface area contributed by atoms with Gasteiger partial charge in [-0.05, 0) is 35.7 Å². The third-order valence-corrected chi connectivity index (χ3v) is 5.11. The summed E-state index contributed by atoms with van der Waals surface area (Å²) < 4.78 is 15.0. The first kappa shape index (κ1) is 17.6. The second kappa shape index (κ2) is 7.37. The number of thiazole rings is 1. The van der Waals surface area contributed by atoms with Crippen molar-refractivity contribution >= 4 is 28.8 Å². The van der Waals surface area contributed by atoms with Gasteiger partial charge in [-0.3, -0.25) is 4.79 Å². The van der Waals surface area contributed by atoms with Gasteiger partial charge in [0.05, 0.1) is 5.69 Å². The Kier molecular flexibility index (Phi) is 5.20. The van der Waals surface area contributed by atoms with Crippen molar-refractivity contribution in [2.24, 2.45) is 0 Å². The topological polar surface area (TPSA) is 46.9 Å². The lowest BCUT2D eigenvalue weighted by atomic mass is 10.1. The molecule has 130 valence electrons. The van der Waals surface area contributed by atoms with Crippen LogP contribution in [-0.4, -0.2) is 15.5 Å². The van der Waals surface area contributed by atoms with E-state index in [1.807, 2.05) is 42.9 Å². The molecule has 2 heterocycles. The van der Waals surface area contributed by atoms with E-state index < -0.39 is 5.82 Å². The van der Waals surface area contributed by atoms with Crippen LogP contribution in [0.25, 0.3) is 5.13 Å². The normalized spacial score (nSPS) is 11.1. The first-order chi connectivity index (χ1) is 12.0. The SMILES string of the molecule is CC(C)c1nc(-n2cccc2)sc1C(=O)NCc1ccc(F)cc1Cl. The number of carbonyl (C=O) groups is 1. The third kappa shape index (κ3) is 3.91. The van der Waals surface area contributed by atoms with Crippen LogP contribution in [0.2, 0.25) is 5.02 Å². The smallest absolute Gasteiger partial charge is 0.263 e. The zero-order chi connectivity index (χ0) is 18.0. The predicted octanol–water partition coefficient (Wildman–Crippen LogP) is 4.78. The van der Waals surface area contributed by atoms with Crippen molar-refractivity contribution < 1.29 is 9.18 Å². The predicted molar refractivity (Wildman–Crippen MR) is 98.1 cm³/mol. The lowest BCUT2D eigenvalue weighted by molar-refractivity contribution is 0.0953. The van der Waals surface area contributed by atoms with Crippen LogP contribution >= 0.6 is 22.9 Å². The summed E-state index contributed by atoms with van der Waals surface area (Å²) in [5.41, 5.74) is 1.43. The molecule has 0 aliphatic carbocycles. The molecule has 0 saturated heterocycles. The van der Waals surface area contributed by atoms with Crippen LogP contribution in [0.1, 0.15) is 40.7 Å². The van der Waals surface area contributed by atoms with E-state index in [2.05, 4.69) is 10.3 Å². The summed E-state index contributed by atoms with van der Waals surface area (Å²) in [4.78, 5) is 17.8. The summed E-state index contributed by atoms with van der Waals surface area (Å²) in [5.74, 6) is -0.489. The number of nitrogens with zero attached hydrogens (tertiary/aromatic N) is 2. The number of carbonyl (C=O) groups excluding carboxylic acids is 1. The Morgan fingerprint density at radius 1 is 1.36 bits per heavy atom. The van der Waals surface area contributed by atoms with Crippen LogP contribution in [0.3, 0.4) is 0 Å². The molecule has 4 nitrogen and oxygen atoms in total. The summed E-state index contributed by atoms with van der Waals surface area (Å²) in [6.07, 6.45) is 3.78.